The average Bonchev–Trinajstić information content (AvgIpc) is 3.06. The van der Waals surface area contributed by atoms with Crippen molar-refractivity contribution in [2.24, 2.45) is 0 Å². The van der Waals surface area contributed by atoms with Crippen molar-refractivity contribution in [1.82, 2.24) is 10.6 Å². The Morgan fingerprint density at radius 1 is 0.640 bits per heavy atom. The fourth-order valence-corrected chi connectivity index (χ4v) is 6.34. The first-order valence-corrected chi connectivity index (χ1v) is 16.6. The SMILES string of the molecule is Cc1cccc(NC(=O)C(C#N)=C2NC(C)(C)Cc3ccccc32)c1.Cc1ccccc1NC(=O)C(C#N)=C1NC(C)(C)Cc2ccccc21. The number of benzene rings is 4. The number of hydrogen-bond donors (Lipinski definition) is 4. The van der Waals surface area contributed by atoms with Crippen molar-refractivity contribution in [2.75, 3.05) is 10.6 Å². The fraction of sp³-hybridized carbons (Fsp3) is 0.238. The number of nitriles is 2. The predicted molar refractivity (Wildman–Crippen MR) is 199 cm³/mol. The molecule has 0 saturated heterocycles. The van der Waals surface area contributed by atoms with Gasteiger partial charge in [-0.3, -0.25) is 9.59 Å². The first-order valence-electron chi connectivity index (χ1n) is 16.6. The molecule has 0 bridgehead atoms. The van der Waals surface area contributed by atoms with Gasteiger partial charge in [0, 0.05) is 33.6 Å². The fourth-order valence-electron chi connectivity index (χ4n) is 6.34. The Hall–Kier alpha value is -6.12. The van der Waals surface area contributed by atoms with Gasteiger partial charge >= 0.3 is 0 Å². The molecule has 50 heavy (non-hydrogen) atoms. The van der Waals surface area contributed by atoms with Crippen LogP contribution in [-0.4, -0.2) is 22.9 Å². The molecule has 0 aromatic heterocycles. The Bertz CT molecular complexity index is 2110. The third-order valence-electron chi connectivity index (χ3n) is 8.61. The minimum atomic E-state index is -0.400. The summed E-state index contributed by atoms with van der Waals surface area (Å²) in [5.41, 5.74) is 8.44. The molecular formula is C42H42N6O2. The van der Waals surface area contributed by atoms with Gasteiger partial charge in [-0.15, -0.1) is 0 Å². The Labute approximate surface area is 294 Å². The van der Waals surface area contributed by atoms with E-state index in [1.165, 1.54) is 0 Å². The van der Waals surface area contributed by atoms with Gasteiger partial charge in [0.25, 0.3) is 11.8 Å². The third-order valence-corrected chi connectivity index (χ3v) is 8.61. The van der Waals surface area contributed by atoms with Crippen molar-refractivity contribution in [3.63, 3.8) is 0 Å². The first kappa shape index (κ1) is 35.2. The summed E-state index contributed by atoms with van der Waals surface area (Å²) in [6.07, 6.45) is 1.68. The van der Waals surface area contributed by atoms with Gasteiger partial charge in [0.1, 0.15) is 23.3 Å². The average molecular weight is 663 g/mol. The molecule has 0 spiro atoms. The van der Waals surface area contributed by atoms with Gasteiger partial charge in [-0.25, -0.2) is 0 Å². The highest BCUT2D eigenvalue weighted by Gasteiger charge is 2.32. The molecule has 0 radical (unpaired) electrons. The van der Waals surface area contributed by atoms with Crippen LogP contribution in [0, 0.1) is 36.5 Å². The van der Waals surface area contributed by atoms with Crippen molar-refractivity contribution >= 4 is 34.6 Å². The zero-order valence-electron chi connectivity index (χ0n) is 29.4. The molecule has 0 atom stereocenters. The normalized spacial score (nSPS) is 16.9. The van der Waals surface area contributed by atoms with Gasteiger partial charge < -0.3 is 21.3 Å². The summed E-state index contributed by atoms with van der Waals surface area (Å²) in [7, 11) is 0. The van der Waals surface area contributed by atoms with E-state index in [-0.39, 0.29) is 22.2 Å². The molecular weight excluding hydrogens is 621 g/mol. The molecule has 8 heteroatoms. The van der Waals surface area contributed by atoms with Crippen LogP contribution in [0.2, 0.25) is 0 Å². The lowest BCUT2D eigenvalue weighted by atomic mass is 9.84. The summed E-state index contributed by atoms with van der Waals surface area (Å²) < 4.78 is 0. The van der Waals surface area contributed by atoms with Crippen molar-refractivity contribution in [3.05, 3.63) is 142 Å². The second kappa shape index (κ2) is 14.6. The predicted octanol–water partition coefficient (Wildman–Crippen LogP) is 7.59. The lowest BCUT2D eigenvalue weighted by molar-refractivity contribution is -0.113. The van der Waals surface area contributed by atoms with E-state index in [2.05, 4.69) is 61.1 Å². The zero-order chi connectivity index (χ0) is 36.1. The number of amides is 2. The van der Waals surface area contributed by atoms with Crippen LogP contribution in [-0.2, 0) is 22.4 Å². The van der Waals surface area contributed by atoms with Crippen molar-refractivity contribution in [1.29, 1.82) is 10.5 Å². The molecule has 2 heterocycles. The molecule has 4 N–H and O–H groups in total. The molecule has 0 saturated carbocycles. The van der Waals surface area contributed by atoms with E-state index >= 15 is 0 Å². The van der Waals surface area contributed by atoms with Crippen LogP contribution in [0.15, 0.2) is 108 Å². The molecule has 6 rings (SSSR count). The number of nitrogens with one attached hydrogen (secondary N) is 4. The minimum Gasteiger partial charge on any atom is -0.378 e. The molecule has 0 unspecified atom stereocenters. The monoisotopic (exact) mass is 662 g/mol. The standard InChI is InChI=1S/2C21H21N3O/c1-14-8-4-7-11-18(14)23-20(25)17(13-22)19-16-10-6-5-9-15(16)12-21(2,3)24-19;1-14-7-6-9-16(11-14)23-20(25)18(13-22)19-17-10-5-4-8-15(17)12-21(2,3)24-19/h2*4-11,24H,12H2,1-3H3,(H,23,25). The van der Waals surface area contributed by atoms with Crippen LogP contribution < -0.4 is 21.3 Å². The molecule has 252 valence electrons. The highest BCUT2D eigenvalue weighted by Crippen LogP contribution is 2.33. The van der Waals surface area contributed by atoms with E-state index in [1.807, 2.05) is 111 Å². The number of para-hydroxylation sites is 1. The van der Waals surface area contributed by atoms with Crippen LogP contribution in [0.25, 0.3) is 11.4 Å². The zero-order valence-corrected chi connectivity index (χ0v) is 29.4. The van der Waals surface area contributed by atoms with Gasteiger partial charge in [-0.1, -0.05) is 78.9 Å². The number of rotatable bonds is 4. The van der Waals surface area contributed by atoms with Crippen molar-refractivity contribution in [2.45, 2.75) is 65.5 Å². The van der Waals surface area contributed by atoms with E-state index in [0.29, 0.717) is 22.8 Å². The van der Waals surface area contributed by atoms with E-state index < -0.39 is 11.8 Å². The highest BCUT2D eigenvalue weighted by molar-refractivity contribution is 6.13. The van der Waals surface area contributed by atoms with E-state index in [4.69, 9.17) is 0 Å². The number of aryl methyl sites for hydroxylation is 2. The van der Waals surface area contributed by atoms with Gasteiger partial charge in [0.15, 0.2) is 0 Å². The number of carbonyl (C=O) groups excluding carboxylic acids is 2. The van der Waals surface area contributed by atoms with Crippen LogP contribution in [0.3, 0.4) is 0 Å². The van der Waals surface area contributed by atoms with E-state index in [0.717, 1.165) is 46.2 Å². The maximum absolute atomic E-state index is 12.8. The van der Waals surface area contributed by atoms with Gasteiger partial charge in [-0.05, 0) is 94.8 Å². The summed E-state index contributed by atoms with van der Waals surface area (Å²) in [6, 6.07) is 35.0. The number of hydrogen-bond acceptors (Lipinski definition) is 6. The smallest absolute Gasteiger partial charge is 0.268 e. The molecule has 2 aliphatic rings. The molecule has 2 amide bonds. The van der Waals surface area contributed by atoms with Gasteiger partial charge in [0.2, 0.25) is 0 Å². The lowest BCUT2D eigenvalue weighted by Gasteiger charge is -2.36. The van der Waals surface area contributed by atoms with Gasteiger partial charge in [0.05, 0.1) is 11.4 Å². The number of anilines is 2. The first-order chi connectivity index (χ1) is 23.8. The van der Waals surface area contributed by atoms with Crippen LogP contribution in [0.1, 0.15) is 61.1 Å². The second-order valence-electron chi connectivity index (χ2n) is 14.0. The molecule has 0 fully saturated rings. The summed E-state index contributed by atoms with van der Waals surface area (Å²) >= 11 is 0. The molecule has 4 aromatic carbocycles. The molecule has 4 aromatic rings. The summed E-state index contributed by atoms with van der Waals surface area (Å²) in [4.78, 5) is 25.5. The Balaban J connectivity index is 0.000000194. The van der Waals surface area contributed by atoms with E-state index in [1.54, 1.807) is 0 Å². The van der Waals surface area contributed by atoms with Crippen molar-refractivity contribution < 1.29 is 9.59 Å². The quantitative estimate of drug-likeness (QED) is 0.132. The third kappa shape index (κ3) is 8.11. The van der Waals surface area contributed by atoms with Gasteiger partial charge in [-0.2, -0.15) is 10.5 Å². The van der Waals surface area contributed by atoms with E-state index in [9.17, 15) is 20.1 Å². The van der Waals surface area contributed by atoms with Crippen LogP contribution >= 0.6 is 0 Å². The number of carbonyl (C=O) groups is 2. The number of fused-ring (bicyclic) bond motifs is 2. The van der Waals surface area contributed by atoms with Crippen LogP contribution in [0.5, 0.6) is 0 Å². The summed E-state index contributed by atoms with van der Waals surface area (Å²) in [5.74, 6) is -0.796. The second-order valence-corrected chi connectivity index (χ2v) is 14.0. The summed E-state index contributed by atoms with van der Waals surface area (Å²) in [6.45, 7) is 12.1. The molecule has 8 nitrogen and oxygen atoms in total. The Morgan fingerprint density at radius 2 is 1.12 bits per heavy atom. The Morgan fingerprint density at radius 3 is 1.62 bits per heavy atom. The van der Waals surface area contributed by atoms with Crippen LogP contribution in [0.4, 0.5) is 11.4 Å². The summed E-state index contributed by atoms with van der Waals surface area (Å²) in [5, 5.41) is 31.8. The lowest BCUT2D eigenvalue weighted by Crippen LogP contribution is -2.44. The minimum absolute atomic E-state index is 0.0988. The maximum atomic E-state index is 12.8. The van der Waals surface area contributed by atoms with Crippen molar-refractivity contribution in [3.8, 4) is 12.1 Å². The Kier molecular flexibility index (Phi) is 10.2. The molecule has 0 aliphatic carbocycles. The largest absolute Gasteiger partial charge is 0.378 e. The highest BCUT2D eigenvalue weighted by atomic mass is 16.2. The maximum Gasteiger partial charge on any atom is 0.268 e. The molecule has 2 aliphatic heterocycles. The number of nitrogens with zero attached hydrogens (tertiary/aromatic N) is 2. The topological polar surface area (TPSA) is 130 Å².